The molecule has 1 saturated carbocycles. The van der Waals surface area contributed by atoms with Crippen LogP contribution in [0.2, 0.25) is 0 Å². The summed E-state index contributed by atoms with van der Waals surface area (Å²) in [6.45, 7) is 2.51. The van der Waals surface area contributed by atoms with E-state index in [0.29, 0.717) is 35.6 Å². The maximum absolute atomic E-state index is 12.3. The van der Waals surface area contributed by atoms with E-state index in [1.54, 1.807) is 0 Å². The Morgan fingerprint density at radius 2 is 1.90 bits per heavy atom. The van der Waals surface area contributed by atoms with Gasteiger partial charge in [0.25, 0.3) is 0 Å². The van der Waals surface area contributed by atoms with E-state index < -0.39 is 0 Å². The number of amides is 2. The second-order valence-corrected chi connectivity index (χ2v) is 8.56. The molecule has 0 bridgehead atoms. The highest BCUT2D eigenvalue weighted by molar-refractivity contribution is 7.99. The van der Waals surface area contributed by atoms with Gasteiger partial charge in [0, 0.05) is 13.1 Å². The van der Waals surface area contributed by atoms with Crippen LogP contribution in [-0.4, -0.2) is 38.4 Å². The summed E-state index contributed by atoms with van der Waals surface area (Å²) in [7, 11) is 1.85. The van der Waals surface area contributed by atoms with Crippen molar-refractivity contribution in [1.29, 1.82) is 0 Å². The lowest BCUT2D eigenvalue weighted by Crippen LogP contribution is -2.41. The van der Waals surface area contributed by atoms with Crippen LogP contribution in [0.15, 0.2) is 35.5 Å². The fraction of sp³-hybridized carbons (Fsp3) is 0.524. The number of hydrogen-bond acceptors (Lipinski definition) is 5. The number of hydrogen-bond donors (Lipinski definition) is 2. The van der Waals surface area contributed by atoms with Crippen LogP contribution in [0.4, 0.5) is 0 Å². The molecule has 0 unspecified atom stereocenters. The lowest BCUT2D eigenvalue weighted by atomic mass is 9.86. The molecule has 0 radical (unpaired) electrons. The molecule has 2 amide bonds. The van der Waals surface area contributed by atoms with Gasteiger partial charge in [-0.3, -0.25) is 9.59 Å². The molecule has 3 rings (SSSR count). The maximum atomic E-state index is 12.3. The number of nitrogens with zero attached hydrogens (tertiary/aromatic N) is 3. The van der Waals surface area contributed by atoms with Gasteiger partial charge < -0.3 is 15.2 Å². The molecule has 1 fully saturated rings. The van der Waals surface area contributed by atoms with Gasteiger partial charge in [0.05, 0.1) is 18.7 Å². The molecular formula is C21H29N5O2S. The molecular weight excluding hydrogens is 386 g/mol. The maximum Gasteiger partial charge on any atom is 0.230 e. The number of benzene rings is 1. The van der Waals surface area contributed by atoms with Crippen molar-refractivity contribution in [3.8, 4) is 0 Å². The average molecular weight is 416 g/mol. The zero-order valence-corrected chi connectivity index (χ0v) is 17.9. The molecule has 7 nitrogen and oxygen atoms in total. The van der Waals surface area contributed by atoms with Crippen molar-refractivity contribution in [2.45, 2.75) is 56.8 Å². The van der Waals surface area contributed by atoms with Gasteiger partial charge in [-0.25, -0.2) is 0 Å². The Bertz CT molecular complexity index is 824. The van der Waals surface area contributed by atoms with Crippen LogP contribution in [0.5, 0.6) is 0 Å². The fourth-order valence-corrected chi connectivity index (χ4v) is 4.30. The van der Waals surface area contributed by atoms with Crippen molar-refractivity contribution < 1.29 is 9.59 Å². The number of aromatic nitrogens is 3. The second-order valence-electron chi connectivity index (χ2n) is 7.62. The number of thioether (sulfide) groups is 1. The summed E-state index contributed by atoms with van der Waals surface area (Å²) < 4.78 is 1.82. The van der Waals surface area contributed by atoms with Crippen molar-refractivity contribution in [3.63, 3.8) is 0 Å². The van der Waals surface area contributed by atoms with Gasteiger partial charge in [-0.05, 0) is 24.3 Å². The van der Waals surface area contributed by atoms with Crippen molar-refractivity contribution >= 4 is 23.6 Å². The SMILES string of the molecule is C[C@@H]1CCCC[C@@H]1NC(=O)CSc1nnc(CNC(=O)Cc2ccccc2)n1C. The predicted octanol–water partition coefficient (Wildman–Crippen LogP) is 2.46. The van der Waals surface area contributed by atoms with Crippen LogP contribution in [-0.2, 0) is 29.6 Å². The van der Waals surface area contributed by atoms with Gasteiger partial charge in [0.1, 0.15) is 0 Å². The molecule has 1 heterocycles. The first-order valence-electron chi connectivity index (χ1n) is 10.1. The average Bonchev–Trinajstić information content (AvgIpc) is 3.07. The largest absolute Gasteiger partial charge is 0.352 e. The molecule has 156 valence electrons. The normalized spacial score (nSPS) is 19.0. The van der Waals surface area contributed by atoms with Crippen molar-refractivity contribution in [3.05, 3.63) is 41.7 Å². The lowest BCUT2D eigenvalue weighted by Gasteiger charge is -2.29. The van der Waals surface area contributed by atoms with Crippen molar-refractivity contribution in [1.82, 2.24) is 25.4 Å². The third kappa shape index (κ3) is 6.32. The van der Waals surface area contributed by atoms with E-state index in [1.165, 1.54) is 31.0 Å². The second kappa shape index (κ2) is 10.4. The molecule has 2 N–H and O–H groups in total. The molecule has 0 saturated heterocycles. The highest BCUT2D eigenvalue weighted by Crippen LogP contribution is 2.24. The molecule has 1 aliphatic rings. The predicted molar refractivity (Wildman–Crippen MR) is 113 cm³/mol. The summed E-state index contributed by atoms with van der Waals surface area (Å²) in [5, 5.41) is 15.0. The van der Waals surface area contributed by atoms with Crippen molar-refractivity contribution in [2.75, 3.05) is 5.75 Å². The Kier molecular flexibility index (Phi) is 7.69. The van der Waals surface area contributed by atoms with Gasteiger partial charge in [0.2, 0.25) is 11.8 Å². The smallest absolute Gasteiger partial charge is 0.230 e. The van der Waals surface area contributed by atoms with Gasteiger partial charge >= 0.3 is 0 Å². The molecule has 2 atom stereocenters. The molecule has 0 spiro atoms. The summed E-state index contributed by atoms with van der Waals surface area (Å²) in [6, 6.07) is 9.90. The number of carbonyl (C=O) groups is 2. The summed E-state index contributed by atoms with van der Waals surface area (Å²) in [4.78, 5) is 24.4. The zero-order valence-electron chi connectivity index (χ0n) is 17.1. The third-order valence-corrected chi connectivity index (χ3v) is 6.39. The monoisotopic (exact) mass is 415 g/mol. The van der Waals surface area contributed by atoms with E-state index in [9.17, 15) is 9.59 Å². The van der Waals surface area contributed by atoms with Crippen LogP contribution in [0.25, 0.3) is 0 Å². The van der Waals surface area contributed by atoms with Crippen LogP contribution in [0.1, 0.15) is 44.0 Å². The first-order chi connectivity index (χ1) is 14.0. The highest BCUT2D eigenvalue weighted by atomic mass is 32.2. The van der Waals surface area contributed by atoms with Gasteiger partial charge in [-0.15, -0.1) is 10.2 Å². The molecule has 1 aromatic carbocycles. The van der Waals surface area contributed by atoms with E-state index in [4.69, 9.17) is 0 Å². The Morgan fingerprint density at radius 1 is 1.14 bits per heavy atom. The van der Waals surface area contributed by atoms with Gasteiger partial charge in [0.15, 0.2) is 11.0 Å². The van der Waals surface area contributed by atoms with E-state index >= 15 is 0 Å². The standard InChI is InChI=1S/C21H29N5O2S/c1-15-8-6-7-11-17(15)23-20(28)14-29-21-25-24-18(26(21)2)13-22-19(27)12-16-9-4-3-5-10-16/h3-5,9-10,15,17H,6-8,11-14H2,1-2H3,(H,22,27)(H,23,28)/t15-,17+/m1/s1. The van der Waals surface area contributed by atoms with E-state index in [2.05, 4.69) is 27.8 Å². The summed E-state index contributed by atoms with van der Waals surface area (Å²) >= 11 is 1.37. The van der Waals surface area contributed by atoms with Crippen LogP contribution >= 0.6 is 11.8 Å². The third-order valence-electron chi connectivity index (χ3n) is 5.37. The zero-order chi connectivity index (χ0) is 20.6. The Labute approximate surface area is 176 Å². The van der Waals surface area contributed by atoms with Crippen molar-refractivity contribution in [2.24, 2.45) is 13.0 Å². The first-order valence-corrected chi connectivity index (χ1v) is 11.1. The quantitative estimate of drug-likeness (QED) is 0.647. The lowest BCUT2D eigenvalue weighted by molar-refractivity contribution is -0.121. The van der Waals surface area contributed by atoms with Gasteiger partial charge in [-0.2, -0.15) is 0 Å². The number of nitrogens with one attached hydrogen (secondary N) is 2. The van der Waals surface area contributed by atoms with E-state index in [0.717, 1.165) is 12.0 Å². The minimum atomic E-state index is -0.0608. The highest BCUT2D eigenvalue weighted by Gasteiger charge is 2.23. The summed E-state index contributed by atoms with van der Waals surface area (Å²) in [5.74, 6) is 1.49. The first kappa shape index (κ1) is 21.4. The molecule has 8 heteroatoms. The van der Waals surface area contributed by atoms with Gasteiger partial charge in [-0.1, -0.05) is 61.9 Å². The molecule has 1 aliphatic carbocycles. The fourth-order valence-electron chi connectivity index (χ4n) is 3.56. The van der Waals surface area contributed by atoms with E-state index in [-0.39, 0.29) is 17.9 Å². The van der Waals surface area contributed by atoms with Crippen LogP contribution < -0.4 is 10.6 Å². The van der Waals surface area contributed by atoms with E-state index in [1.807, 2.05) is 41.9 Å². The minimum Gasteiger partial charge on any atom is -0.352 e. The minimum absolute atomic E-state index is 0.0365. The number of rotatable bonds is 8. The Hall–Kier alpha value is -2.35. The summed E-state index contributed by atoms with van der Waals surface area (Å²) in [6.07, 6.45) is 5.02. The summed E-state index contributed by atoms with van der Waals surface area (Å²) in [5.41, 5.74) is 0.970. The topological polar surface area (TPSA) is 88.9 Å². The van der Waals surface area contributed by atoms with Crippen LogP contribution in [0, 0.1) is 5.92 Å². The molecule has 29 heavy (non-hydrogen) atoms. The van der Waals surface area contributed by atoms with Crippen LogP contribution in [0.3, 0.4) is 0 Å². The molecule has 1 aromatic heterocycles. The number of carbonyl (C=O) groups excluding carboxylic acids is 2. The Balaban J connectivity index is 1.44. The molecule has 0 aliphatic heterocycles. The molecule has 2 aromatic rings. The Morgan fingerprint density at radius 3 is 2.66 bits per heavy atom.